The molecule has 16 heteroatoms. The number of amides is 1. The molecule has 50 heavy (non-hydrogen) atoms. The van der Waals surface area contributed by atoms with E-state index in [1.165, 1.54) is 6.08 Å². The van der Waals surface area contributed by atoms with Crippen molar-refractivity contribution in [3.63, 3.8) is 0 Å². The van der Waals surface area contributed by atoms with Gasteiger partial charge in [-0.1, -0.05) is 12.6 Å². The van der Waals surface area contributed by atoms with Crippen molar-refractivity contribution in [2.75, 3.05) is 43.9 Å². The number of rotatable bonds is 8. The molecule has 9 nitrogen and oxygen atoms in total. The molecule has 0 aliphatic carbocycles. The zero-order valence-electron chi connectivity index (χ0n) is 27.3. The van der Waals surface area contributed by atoms with Gasteiger partial charge < -0.3 is 20.3 Å². The van der Waals surface area contributed by atoms with E-state index in [0.29, 0.717) is 24.3 Å². The van der Waals surface area contributed by atoms with Gasteiger partial charge in [0.15, 0.2) is 5.82 Å². The van der Waals surface area contributed by atoms with Gasteiger partial charge in [-0.3, -0.25) is 9.69 Å². The van der Waals surface area contributed by atoms with Gasteiger partial charge in [0.25, 0.3) is 0 Å². The largest absolute Gasteiger partial charge is 0.462 e. The number of nitrogens with two attached hydrogens (primary N) is 1. The van der Waals surface area contributed by atoms with Crippen molar-refractivity contribution >= 4 is 54.7 Å². The molecular weight excluding hydrogens is 684 g/mol. The van der Waals surface area contributed by atoms with E-state index < -0.39 is 52.7 Å². The average Bonchev–Trinajstić information content (AvgIpc) is 3.73. The zero-order valence-corrected chi connectivity index (χ0v) is 28.1. The normalized spacial score (nSPS) is 21.2. The molecule has 6 rings (SSSR count). The van der Waals surface area contributed by atoms with Crippen molar-refractivity contribution < 1.29 is 35.9 Å². The number of fused-ring (bicyclic) bond motifs is 2. The molecule has 4 heterocycles. The minimum Gasteiger partial charge on any atom is -0.462 e. The van der Waals surface area contributed by atoms with Crippen LogP contribution in [0.2, 0.25) is 0 Å². The van der Waals surface area contributed by atoms with Gasteiger partial charge in [-0.05, 0) is 57.5 Å². The van der Waals surface area contributed by atoms with Gasteiger partial charge in [0.1, 0.15) is 29.9 Å². The summed E-state index contributed by atoms with van der Waals surface area (Å²) < 4.78 is 96.9. The van der Waals surface area contributed by atoms with Crippen LogP contribution in [0.3, 0.4) is 0 Å². The summed E-state index contributed by atoms with van der Waals surface area (Å²) in [5, 5.41) is -0.648. The maximum absolute atomic E-state index is 17.1. The Morgan fingerprint density at radius 3 is 2.66 bits per heavy atom. The van der Waals surface area contributed by atoms with Gasteiger partial charge in [-0.2, -0.15) is 23.1 Å². The molecule has 0 bridgehead atoms. The van der Waals surface area contributed by atoms with Gasteiger partial charge in [-0.15, -0.1) is 11.3 Å². The first-order chi connectivity index (χ1) is 23.7. The van der Waals surface area contributed by atoms with Gasteiger partial charge in [0, 0.05) is 48.1 Å². The van der Waals surface area contributed by atoms with Gasteiger partial charge in [0.05, 0.1) is 27.9 Å². The van der Waals surface area contributed by atoms with Crippen LogP contribution in [0.4, 0.5) is 42.8 Å². The van der Waals surface area contributed by atoms with Crippen LogP contribution in [-0.2, 0) is 11.0 Å². The first kappa shape index (κ1) is 35.2. The fourth-order valence-corrected chi connectivity index (χ4v) is 8.08. The summed E-state index contributed by atoms with van der Waals surface area (Å²) in [6.45, 7) is 15.4. The third-order valence-corrected chi connectivity index (χ3v) is 10.6. The third-order valence-electron chi connectivity index (χ3n) is 9.60. The second-order valence-electron chi connectivity index (χ2n) is 12.4. The Morgan fingerprint density at radius 1 is 1.30 bits per heavy atom. The van der Waals surface area contributed by atoms with Crippen LogP contribution in [0, 0.1) is 18.2 Å². The van der Waals surface area contributed by atoms with E-state index in [9.17, 15) is 13.6 Å². The number of ether oxygens (including phenoxy) is 1. The summed E-state index contributed by atoms with van der Waals surface area (Å²) in [6, 6.07) is 1.08. The van der Waals surface area contributed by atoms with Crippen LogP contribution in [0.5, 0.6) is 6.01 Å². The lowest BCUT2D eigenvalue weighted by molar-refractivity contribution is -0.137. The molecule has 2 aliphatic rings. The van der Waals surface area contributed by atoms with Gasteiger partial charge in [-0.25, -0.2) is 18.0 Å². The standard InChI is InChI=1S/C34H33F6N7O2S/c1-6-24(48)47-11-10-23(16(47)3)46(7-2)32-20-13-21(34(38,39)40)25(19-8-9-22(36)30-26(19)29(42-4)31(41)50-30)27(37)28(20)43-33(44-32)49-15-18-12-17(35)14-45(18)5/h6,8-9,13,16-18,23H,1,7,10-12,14-15,41H2,2-3,5H3/t16-,17-,18+,23?/m1/s1. The number of nitrogens with zero attached hydrogens (tertiary/aromatic N) is 6. The number of aromatic nitrogens is 2. The van der Waals surface area contributed by atoms with Crippen LogP contribution in [0.25, 0.3) is 37.0 Å². The number of alkyl halides is 4. The summed E-state index contributed by atoms with van der Waals surface area (Å²) in [7, 11) is 1.72. The van der Waals surface area contributed by atoms with Crippen molar-refractivity contribution in [3.8, 4) is 17.1 Å². The van der Waals surface area contributed by atoms with E-state index in [0.717, 1.165) is 18.2 Å². The van der Waals surface area contributed by atoms with Crippen LogP contribution < -0.4 is 15.4 Å². The molecule has 2 aromatic carbocycles. The minimum absolute atomic E-state index is 0.0535. The Kier molecular flexibility index (Phi) is 9.33. The van der Waals surface area contributed by atoms with Crippen molar-refractivity contribution in [2.24, 2.45) is 0 Å². The van der Waals surface area contributed by atoms with E-state index >= 15 is 17.6 Å². The number of nitrogen functional groups attached to an aromatic ring is 1. The number of thiophene rings is 1. The molecule has 0 radical (unpaired) electrons. The van der Waals surface area contributed by atoms with Crippen LogP contribution >= 0.6 is 11.3 Å². The average molecular weight is 718 g/mol. The Labute approximate surface area is 287 Å². The summed E-state index contributed by atoms with van der Waals surface area (Å²) in [5.41, 5.74) is 2.43. The maximum atomic E-state index is 17.1. The fraction of sp³-hybridized carbons (Fsp3) is 0.412. The van der Waals surface area contributed by atoms with E-state index in [1.807, 2.05) is 0 Å². The summed E-state index contributed by atoms with van der Waals surface area (Å²) in [5.74, 6) is -2.58. The SMILES string of the molecule is [C-]#[N+]c1c(N)sc2c(F)ccc(-c3c(C(F)(F)F)cc4c(N(CC)C5CCN(C(=O)C=C)[C@@H]5C)nc(OC[C@@H]5C[C@@H](F)CN5C)nc4c3F)c12. The highest BCUT2D eigenvalue weighted by atomic mass is 32.1. The predicted molar refractivity (Wildman–Crippen MR) is 180 cm³/mol. The number of likely N-dealkylation sites (tertiary alicyclic amines) is 2. The smallest absolute Gasteiger partial charge is 0.417 e. The summed E-state index contributed by atoms with van der Waals surface area (Å²) >= 11 is 0.679. The monoisotopic (exact) mass is 717 g/mol. The number of likely N-dealkylation sites (N-methyl/N-ethyl adjacent to an activating group) is 2. The van der Waals surface area contributed by atoms with Crippen LogP contribution in [0.15, 0.2) is 30.9 Å². The first-order valence-electron chi connectivity index (χ1n) is 15.9. The molecule has 4 aromatic rings. The van der Waals surface area contributed by atoms with Crippen molar-refractivity contribution in [1.82, 2.24) is 19.8 Å². The number of halogens is 6. The summed E-state index contributed by atoms with van der Waals surface area (Å²) in [6.07, 6.45) is -4.42. The fourth-order valence-electron chi connectivity index (χ4n) is 7.14. The highest BCUT2D eigenvalue weighted by Crippen LogP contribution is 2.50. The highest BCUT2D eigenvalue weighted by molar-refractivity contribution is 7.23. The quantitative estimate of drug-likeness (QED) is 0.116. The number of benzene rings is 2. The molecule has 1 unspecified atom stereocenters. The minimum atomic E-state index is -5.13. The van der Waals surface area contributed by atoms with Gasteiger partial charge >= 0.3 is 12.2 Å². The lowest BCUT2D eigenvalue weighted by atomic mass is 9.93. The van der Waals surface area contributed by atoms with Crippen molar-refractivity contribution in [3.05, 3.63) is 59.5 Å². The van der Waals surface area contributed by atoms with E-state index in [2.05, 4.69) is 21.4 Å². The molecule has 2 fully saturated rings. The van der Waals surface area contributed by atoms with Crippen molar-refractivity contribution in [1.29, 1.82) is 0 Å². The molecular formula is C34H33F6N7O2S. The Morgan fingerprint density at radius 2 is 2.04 bits per heavy atom. The lowest BCUT2D eigenvalue weighted by Gasteiger charge is -2.34. The Bertz CT molecular complexity index is 2050. The number of anilines is 2. The Balaban J connectivity index is 1.61. The third kappa shape index (κ3) is 5.96. The molecule has 2 aliphatic heterocycles. The maximum Gasteiger partial charge on any atom is 0.417 e. The molecule has 1 amide bonds. The van der Waals surface area contributed by atoms with Crippen LogP contribution in [-0.4, -0.2) is 83.3 Å². The second kappa shape index (κ2) is 13.3. The molecule has 4 atom stereocenters. The van der Waals surface area contributed by atoms with E-state index in [4.69, 9.17) is 17.0 Å². The number of carbonyl (C=O) groups excluding carboxylic acids is 1. The van der Waals surface area contributed by atoms with E-state index in [-0.39, 0.29) is 81.6 Å². The summed E-state index contributed by atoms with van der Waals surface area (Å²) in [4.78, 5) is 29.7. The lowest BCUT2D eigenvalue weighted by Crippen LogP contribution is -2.45. The number of hydrogen-bond donors (Lipinski definition) is 1. The zero-order chi connectivity index (χ0) is 36.2. The number of carbonyl (C=O) groups is 1. The van der Waals surface area contributed by atoms with Crippen molar-refractivity contribution in [2.45, 2.75) is 57.2 Å². The molecule has 2 saturated heterocycles. The molecule has 264 valence electrons. The first-order valence-corrected chi connectivity index (χ1v) is 16.7. The number of hydrogen-bond acceptors (Lipinski definition) is 8. The van der Waals surface area contributed by atoms with Gasteiger partial charge in [0.2, 0.25) is 11.6 Å². The molecule has 2 aromatic heterocycles. The van der Waals surface area contributed by atoms with Crippen LogP contribution in [0.1, 0.15) is 32.3 Å². The molecule has 0 saturated carbocycles. The highest BCUT2D eigenvalue weighted by Gasteiger charge is 2.41. The Hall–Kier alpha value is -4.62. The topological polar surface area (TPSA) is 92.2 Å². The molecule has 2 N–H and O–H groups in total. The second-order valence-corrected chi connectivity index (χ2v) is 13.5. The van der Waals surface area contributed by atoms with E-state index in [1.54, 1.807) is 35.6 Å². The molecule has 0 spiro atoms. The predicted octanol–water partition coefficient (Wildman–Crippen LogP) is 7.36.